The zero-order chi connectivity index (χ0) is 43.9. The summed E-state index contributed by atoms with van der Waals surface area (Å²) in [6.07, 6.45) is 19.2. The number of aromatic nitrogens is 6. The third-order valence-electron chi connectivity index (χ3n) is 11.8. The monoisotopic (exact) mass is 849 g/mol. The van der Waals surface area contributed by atoms with E-state index in [2.05, 4.69) is 20.6 Å². The molecule has 4 saturated carbocycles. The molecule has 4 aliphatic rings. The molecule has 2 aromatic heterocycles. The molecule has 58 heavy (non-hydrogen) atoms. The van der Waals surface area contributed by atoms with Crippen molar-refractivity contribution in [3.63, 3.8) is 0 Å². The first kappa shape index (κ1) is 49.1. The second-order valence-electron chi connectivity index (χ2n) is 19.8. The predicted molar refractivity (Wildman–Crippen MR) is 225 cm³/mol. The van der Waals surface area contributed by atoms with Crippen LogP contribution in [-0.4, -0.2) is 58.1 Å². The Morgan fingerprint density at radius 3 is 1.31 bits per heavy atom. The lowest BCUT2D eigenvalue weighted by molar-refractivity contribution is -0.127. The maximum Gasteiger partial charge on any atom is 0.245 e. The van der Waals surface area contributed by atoms with E-state index >= 15 is 0 Å². The van der Waals surface area contributed by atoms with Gasteiger partial charge in [-0.15, -0.1) is 10.2 Å². The lowest BCUT2D eigenvalue weighted by Crippen LogP contribution is -2.34. The summed E-state index contributed by atoms with van der Waals surface area (Å²) in [4.78, 5) is 56.4. The summed E-state index contributed by atoms with van der Waals surface area (Å²) in [5.41, 5.74) is 16.5. The molecule has 4 fully saturated rings. The minimum Gasteiger partial charge on any atom is -0.368 e. The largest absolute Gasteiger partial charge is 0.368 e. The molecule has 0 spiro atoms. The number of halogens is 2. The van der Waals surface area contributed by atoms with Crippen LogP contribution in [0.25, 0.3) is 0 Å². The molecule has 2 heterocycles. The van der Waals surface area contributed by atoms with E-state index in [0.717, 1.165) is 62.8 Å². The number of Topliss-reactive ketones (excluding diaryl/α,β-unsaturated/α-hetero) is 1. The summed E-state index contributed by atoms with van der Waals surface area (Å²) in [6, 6.07) is -0.0715. The van der Waals surface area contributed by atoms with Gasteiger partial charge in [-0.2, -0.15) is 0 Å². The molecule has 6 rings (SSSR count). The fourth-order valence-corrected chi connectivity index (χ4v) is 7.00. The molecule has 16 heteroatoms. The van der Waals surface area contributed by atoms with Crippen LogP contribution in [0.2, 0.25) is 0 Å². The van der Waals surface area contributed by atoms with E-state index in [1.807, 2.05) is 33.2 Å². The third kappa shape index (κ3) is 13.4. The summed E-state index contributed by atoms with van der Waals surface area (Å²) < 4.78 is 3.26. The number of carbonyl (C=O) groups is 5. The van der Waals surface area contributed by atoms with Crippen LogP contribution in [0.1, 0.15) is 182 Å². The maximum absolute atomic E-state index is 12.7. The van der Waals surface area contributed by atoms with Crippen molar-refractivity contribution in [3.05, 3.63) is 23.8 Å². The Morgan fingerprint density at radius 1 is 0.638 bits per heavy atom. The lowest BCUT2D eigenvalue weighted by Gasteiger charge is -2.30. The fraction of sp³-hybridized carbons (Fsp3) is 0.786. The molecule has 6 N–H and O–H groups in total. The number of hydrogen-bond acceptors (Lipinski definition) is 10. The van der Waals surface area contributed by atoms with E-state index < -0.39 is 11.1 Å². The Bertz CT molecular complexity index is 1690. The van der Waals surface area contributed by atoms with Gasteiger partial charge in [0, 0.05) is 34.8 Å². The van der Waals surface area contributed by atoms with Crippen molar-refractivity contribution >= 4 is 51.3 Å². The Kier molecular flexibility index (Phi) is 16.8. The van der Waals surface area contributed by atoms with Crippen LogP contribution in [0.3, 0.4) is 0 Å². The van der Waals surface area contributed by atoms with Crippen molar-refractivity contribution in [3.8, 4) is 0 Å². The zero-order valence-corrected chi connectivity index (χ0v) is 37.8. The first-order valence-electron chi connectivity index (χ1n) is 20.9. The number of nitrogens with two attached hydrogens (primary N) is 3. The van der Waals surface area contributed by atoms with Gasteiger partial charge in [-0.1, -0.05) is 111 Å². The number of ketones is 1. The molecule has 326 valence electrons. The molecule has 0 saturated heterocycles. The molecular formula is C42H69Cl2N9O5. The molecule has 0 radical (unpaired) electrons. The number of amides is 2. The summed E-state index contributed by atoms with van der Waals surface area (Å²) in [7, 11) is 0. The van der Waals surface area contributed by atoms with E-state index in [-0.39, 0.29) is 56.3 Å². The van der Waals surface area contributed by atoms with E-state index in [0.29, 0.717) is 18.3 Å². The summed E-state index contributed by atoms with van der Waals surface area (Å²) in [6.45, 7) is 16.6. The highest BCUT2D eigenvalue weighted by Gasteiger charge is 2.53. The van der Waals surface area contributed by atoms with Crippen molar-refractivity contribution in [2.45, 2.75) is 182 Å². The molecule has 2 atom stereocenters. The first-order valence-corrected chi connectivity index (χ1v) is 21.7. The van der Waals surface area contributed by atoms with Gasteiger partial charge in [0.2, 0.25) is 22.3 Å². The summed E-state index contributed by atoms with van der Waals surface area (Å²) in [5, 5.41) is 16.2. The van der Waals surface area contributed by atoms with Crippen molar-refractivity contribution in [2.75, 3.05) is 0 Å². The van der Waals surface area contributed by atoms with Crippen molar-refractivity contribution in [1.29, 1.82) is 0 Å². The normalized spacial score (nSPS) is 20.0. The van der Waals surface area contributed by atoms with Crippen LogP contribution in [0.5, 0.6) is 0 Å². The molecule has 0 aromatic carbocycles. The van der Waals surface area contributed by atoms with Gasteiger partial charge in [0.25, 0.3) is 0 Å². The molecule has 4 aliphatic carbocycles. The smallest absolute Gasteiger partial charge is 0.245 e. The van der Waals surface area contributed by atoms with Crippen molar-refractivity contribution in [1.82, 2.24) is 30.0 Å². The average molecular weight is 851 g/mol. The Balaban J connectivity index is 0.000000239. The van der Waals surface area contributed by atoms with Gasteiger partial charge >= 0.3 is 0 Å². The minimum atomic E-state index is -0.684. The van der Waals surface area contributed by atoms with E-state index in [1.165, 1.54) is 38.5 Å². The quantitative estimate of drug-likeness (QED) is 0.202. The predicted octanol–water partition coefficient (Wildman–Crippen LogP) is 7.35. The van der Waals surface area contributed by atoms with Gasteiger partial charge in [0.05, 0.1) is 23.6 Å². The lowest BCUT2D eigenvalue weighted by atomic mass is 9.74. The summed E-state index contributed by atoms with van der Waals surface area (Å²) in [5.74, 6) is 0.633. The Morgan fingerprint density at radius 2 is 0.983 bits per heavy atom. The molecule has 14 nitrogen and oxygen atoms in total. The highest BCUT2D eigenvalue weighted by molar-refractivity contribution is 6.64. The fourth-order valence-electron chi connectivity index (χ4n) is 7.00. The van der Waals surface area contributed by atoms with Crippen LogP contribution >= 0.6 is 23.2 Å². The van der Waals surface area contributed by atoms with Crippen LogP contribution in [0, 0.1) is 28.1 Å². The van der Waals surface area contributed by atoms with E-state index in [1.54, 1.807) is 50.9 Å². The highest BCUT2D eigenvalue weighted by Crippen LogP contribution is 2.45. The zero-order valence-electron chi connectivity index (χ0n) is 36.3. The summed E-state index contributed by atoms with van der Waals surface area (Å²) >= 11 is 10.2. The van der Waals surface area contributed by atoms with E-state index in [9.17, 15) is 24.0 Å². The van der Waals surface area contributed by atoms with Gasteiger partial charge in [0.15, 0.2) is 0 Å². The number of hydrogen-bond donors (Lipinski definition) is 3. The Labute approximate surface area is 354 Å². The molecule has 0 bridgehead atoms. The second kappa shape index (κ2) is 19.9. The molecular weight excluding hydrogens is 781 g/mol. The number of primary amides is 2. The number of nitrogens with zero attached hydrogens (tertiary/aromatic N) is 6. The van der Waals surface area contributed by atoms with Gasteiger partial charge in [0.1, 0.15) is 16.9 Å². The minimum absolute atomic E-state index is 0.0715. The molecule has 2 aromatic rings. The van der Waals surface area contributed by atoms with Gasteiger partial charge in [-0.3, -0.25) is 24.0 Å². The molecule has 2 amide bonds. The first-order chi connectivity index (χ1) is 26.8. The topological polar surface area (TPSA) is 225 Å². The van der Waals surface area contributed by atoms with Crippen LogP contribution in [-0.2, 0) is 35.1 Å². The van der Waals surface area contributed by atoms with Gasteiger partial charge < -0.3 is 17.2 Å². The van der Waals surface area contributed by atoms with E-state index in [4.69, 9.17) is 40.4 Å². The second-order valence-corrected chi connectivity index (χ2v) is 20.5. The number of rotatable bonds is 10. The van der Waals surface area contributed by atoms with Crippen LogP contribution in [0.15, 0.2) is 12.4 Å². The van der Waals surface area contributed by atoms with Crippen molar-refractivity contribution < 1.29 is 24.0 Å². The van der Waals surface area contributed by atoms with Gasteiger partial charge in [-0.05, 0) is 86.4 Å². The molecule has 0 aliphatic heterocycles. The Hall–Kier alpha value is -3.23. The third-order valence-corrected chi connectivity index (χ3v) is 12.9. The van der Waals surface area contributed by atoms with Crippen LogP contribution in [0.4, 0.5) is 0 Å². The highest BCUT2D eigenvalue weighted by atomic mass is 35.5. The average Bonchev–Trinajstić information content (AvgIpc) is 4.04. The van der Waals surface area contributed by atoms with Crippen LogP contribution < -0.4 is 17.2 Å². The van der Waals surface area contributed by atoms with Gasteiger partial charge in [-0.25, -0.2) is 9.36 Å². The standard InChI is InChI=1S/C19H30N4O2.C13H21N5O.2C5H9ClO/c1-18(2,3)16(24)11-14(13-7-5-4-6-8-13)15-12-23(22-21-15)19(9-10-19)17(20)25;14-11(9-4-2-1-3-5-9)10-8-18(17-16-10)13(6-7-13)12(15)19;2*1-5(2,3)4(6)7/h12-14H,4-11H2,1-3H3,(H2,20,25);8-9,11H,1-7,14H2,(H2,15,19);2*1-3H3/t14-;11-;;/m00../s1. The SMILES string of the molecule is CC(C)(C)C(=O)C[C@H](c1cn(C2(C(N)=O)CC2)nn1)C1CCCCC1.CC(C)(C)C(=O)Cl.CC(C)(C)C(=O)Cl.NC(=O)C1(n2cc([C@@H](N)C3CCCCC3)nn2)CC1. The number of carbonyl (C=O) groups excluding carboxylic acids is 5. The maximum atomic E-state index is 12.7. The van der Waals surface area contributed by atoms with Crippen molar-refractivity contribution in [2.24, 2.45) is 45.3 Å². The molecule has 0 unspecified atom stereocenters.